The fourth-order valence-electron chi connectivity index (χ4n) is 1.77. The molecule has 3 nitrogen and oxygen atoms in total. The fourth-order valence-corrected chi connectivity index (χ4v) is 2.38. The van der Waals surface area contributed by atoms with Gasteiger partial charge in [-0.3, -0.25) is 9.69 Å². The maximum absolute atomic E-state index is 12.0. The molecule has 0 aliphatic rings. The SMILES string of the molecule is Cc1nc(CN(C)CC(=O)c2ccccc2)cs1. The molecule has 0 saturated heterocycles. The standard InChI is InChI=1S/C14H16N2OS/c1-11-15-13(10-18-11)8-16(2)9-14(17)12-6-4-3-5-7-12/h3-7,10H,8-9H2,1-2H3. The third-order valence-corrected chi connectivity index (χ3v) is 3.43. The van der Waals surface area contributed by atoms with Crippen molar-refractivity contribution < 1.29 is 4.79 Å². The highest BCUT2D eigenvalue weighted by atomic mass is 32.1. The van der Waals surface area contributed by atoms with Gasteiger partial charge in [0.05, 0.1) is 17.2 Å². The van der Waals surface area contributed by atoms with Crippen LogP contribution in [0.15, 0.2) is 35.7 Å². The molecule has 0 aliphatic heterocycles. The molecule has 0 fully saturated rings. The number of aromatic nitrogens is 1. The predicted molar refractivity (Wildman–Crippen MR) is 74.0 cm³/mol. The minimum Gasteiger partial charge on any atom is -0.293 e. The first-order valence-electron chi connectivity index (χ1n) is 5.83. The van der Waals surface area contributed by atoms with Crippen molar-refractivity contribution in [3.05, 3.63) is 52.0 Å². The maximum Gasteiger partial charge on any atom is 0.176 e. The maximum atomic E-state index is 12.0. The number of carbonyl (C=O) groups is 1. The lowest BCUT2D eigenvalue weighted by Crippen LogP contribution is -2.25. The number of rotatable bonds is 5. The van der Waals surface area contributed by atoms with Crippen LogP contribution in [0.3, 0.4) is 0 Å². The lowest BCUT2D eigenvalue weighted by molar-refractivity contribution is 0.0942. The van der Waals surface area contributed by atoms with E-state index >= 15 is 0 Å². The Hall–Kier alpha value is -1.52. The number of benzene rings is 1. The van der Waals surface area contributed by atoms with Crippen LogP contribution in [0, 0.1) is 6.92 Å². The normalized spacial score (nSPS) is 10.8. The Kier molecular flexibility index (Phi) is 4.23. The van der Waals surface area contributed by atoms with Crippen LogP contribution in [0.1, 0.15) is 21.1 Å². The van der Waals surface area contributed by atoms with Gasteiger partial charge in [-0.05, 0) is 14.0 Å². The molecule has 0 spiro atoms. The van der Waals surface area contributed by atoms with Crippen LogP contribution in [0.4, 0.5) is 0 Å². The molecule has 1 aromatic heterocycles. The molecular weight excluding hydrogens is 244 g/mol. The van der Waals surface area contributed by atoms with E-state index in [1.165, 1.54) is 0 Å². The van der Waals surface area contributed by atoms with Crippen LogP contribution >= 0.6 is 11.3 Å². The molecule has 2 aromatic rings. The van der Waals surface area contributed by atoms with E-state index in [0.717, 1.165) is 16.3 Å². The number of nitrogens with zero attached hydrogens (tertiary/aromatic N) is 2. The van der Waals surface area contributed by atoms with Crippen LogP contribution in [0.25, 0.3) is 0 Å². The van der Waals surface area contributed by atoms with Crippen LogP contribution in [-0.4, -0.2) is 29.3 Å². The Morgan fingerprint density at radius 1 is 1.33 bits per heavy atom. The van der Waals surface area contributed by atoms with Crippen LogP contribution in [0.5, 0.6) is 0 Å². The third kappa shape index (κ3) is 3.48. The molecule has 18 heavy (non-hydrogen) atoms. The monoisotopic (exact) mass is 260 g/mol. The lowest BCUT2D eigenvalue weighted by atomic mass is 10.1. The summed E-state index contributed by atoms with van der Waals surface area (Å²) >= 11 is 1.64. The summed E-state index contributed by atoms with van der Waals surface area (Å²) in [5.74, 6) is 0.144. The van der Waals surface area contributed by atoms with E-state index in [1.54, 1.807) is 11.3 Å². The average molecular weight is 260 g/mol. The van der Waals surface area contributed by atoms with Crippen molar-refractivity contribution in [1.29, 1.82) is 0 Å². The first-order valence-corrected chi connectivity index (χ1v) is 6.71. The molecule has 0 radical (unpaired) electrons. The summed E-state index contributed by atoms with van der Waals surface area (Å²) in [6.45, 7) is 3.12. The molecule has 4 heteroatoms. The third-order valence-electron chi connectivity index (χ3n) is 2.61. The Balaban J connectivity index is 1.91. The Morgan fingerprint density at radius 3 is 2.67 bits per heavy atom. The molecule has 0 unspecified atom stereocenters. The van der Waals surface area contributed by atoms with Crippen LogP contribution in [-0.2, 0) is 6.54 Å². The zero-order valence-electron chi connectivity index (χ0n) is 10.6. The Labute approximate surface area is 111 Å². The van der Waals surface area contributed by atoms with Crippen molar-refractivity contribution in [1.82, 2.24) is 9.88 Å². The number of hydrogen-bond donors (Lipinski definition) is 0. The summed E-state index contributed by atoms with van der Waals surface area (Å²) in [6.07, 6.45) is 0. The average Bonchev–Trinajstić information content (AvgIpc) is 2.75. The largest absolute Gasteiger partial charge is 0.293 e. The summed E-state index contributed by atoms with van der Waals surface area (Å²) in [6, 6.07) is 9.39. The van der Waals surface area contributed by atoms with Crippen molar-refractivity contribution in [3.63, 3.8) is 0 Å². The van der Waals surface area contributed by atoms with Gasteiger partial charge >= 0.3 is 0 Å². The predicted octanol–water partition coefficient (Wildman–Crippen LogP) is 2.77. The van der Waals surface area contributed by atoms with Gasteiger partial charge in [-0.15, -0.1) is 11.3 Å². The number of carbonyl (C=O) groups excluding carboxylic acids is 1. The van der Waals surface area contributed by atoms with Gasteiger partial charge in [0.2, 0.25) is 0 Å². The molecule has 2 rings (SSSR count). The first kappa shape index (κ1) is 12.9. The van der Waals surface area contributed by atoms with E-state index in [0.29, 0.717) is 13.1 Å². The fraction of sp³-hybridized carbons (Fsp3) is 0.286. The van der Waals surface area contributed by atoms with Gasteiger partial charge in [-0.2, -0.15) is 0 Å². The highest BCUT2D eigenvalue weighted by molar-refractivity contribution is 7.09. The van der Waals surface area contributed by atoms with E-state index in [9.17, 15) is 4.79 Å². The van der Waals surface area contributed by atoms with Crippen molar-refractivity contribution in [2.45, 2.75) is 13.5 Å². The molecule has 0 saturated carbocycles. The number of likely N-dealkylation sites (N-methyl/N-ethyl adjacent to an activating group) is 1. The van der Waals surface area contributed by atoms with Crippen molar-refractivity contribution in [2.75, 3.05) is 13.6 Å². The second kappa shape index (κ2) is 5.89. The minimum absolute atomic E-state index is 0.144. The van der Waals surface area contributed by atoms with Gasteiger partial charge in [0.15, 0.2) is 5.78 Å². The topological polar surface area (TPSA) is 33.2 Å². The summed E-state index contributed by atoms with van der Waals surface area (Å²) in [5, 5.41) is 3.10. The smallest absolute Gasteiger partial charge is 0.176 e. The zero-order chi connectivity index (χ0) is 13.0. The molecule has 0 amide bonds. The van der Waals surface area contributed by atoms with Gasteiger partial charge in [-0.25, -0.2) is 4.98 Å². The zero-order valence-corrected chi connectivity index (χ0v) is 11.4. The van der Waals surface area contributed by atoms with Gasteiger partial charge < -0.3 is 0 Å². The van der Waals surface area contributed by atoms with E-state index in [2.05, 4.69) is 4.98 Å². The Bertz CT molecular complexity index is 522. The molecule has 1 aromatic carbocycles. The van der Waals surface area contributed by atoms with E-state index in [-0.39, 0.29) is 5.78 Å². The van der Waals surface area contributed by atoms with Gasteiger partial charge in [0, 0.05) is 17.5 Å². The Morgan fingerprint density at radius 2 is 2.06 bits per heavy atom. The van der Waals surface area contributed by atoms with Crippen molar-refractivity contribution in [2.24, 2.45) is 0 Å². The molecule has 94 valence electrons. The first-order chi connectivity index (χ1) is 8.65. The highest BCUT2D eigenvalue weighted by Gasteiger charge is 2.10. The number of Topliss-reactive ketones (excluding diaryl/α,β-unsaturated/α-hetero) is 1. The van der Waals surface area contributed by atoms with Crippen molar-refractivity contribution in [3.8, 4) is 0 Å². The lowest BCUT2D eigenvalue weighted by Gasteiger charge is -2.14. The molecule has 0 aliphatic carbocycles. The van der Waals surface area contributed by atoms with Crippen LogP contribution in [0.2, 0.25) is 0 Å². The molecule has 0 N–H and O–H groups in total. The quantitative estimate of drug-likeness (QED) is 0.775. The number of thiazole rings is 1. The molecular formula is C14H16N2OS. The van der Waals surface area contributed by atoms with Gasteiger partial charge in [0.25, 0.3) is 0 Å². The van der Waals surface area contributed by atoms with Crippen LogP contribution < -0.4 is 0 Å². The second-order valence-corrected chi connectivity index (χ2v) is 5.38. The molecule has 0 bridgehead atoms. The van der Waals surface area contributed by atoms with Gasteiger partial charge in [-0.1, -0.05) is 30.3 Å². The van der Waals surface area contributed by atoms with E-state index in [1.807, 2.05) is 54.6 Å². The summed E-state index contributed by atoms with van der Waals surface area (Å²) in [7, 11) is 1.94. The minimum atomic E-state index is 0.144. The molecule has 1 heterocycles. The van der Waals surface area contributed by atoms with Gasteiger partial charge in [0.1, 0.15) is 0 Å². The summed E-state index contributed by atoms with van der Waals surface area (Å²) in [5.41, 5.74) is 1.79. The summed E-state index contributed by atoms with van der Waals surface area (Å²) < 4.78 is 0. The number of hydrogen-bond acceptors (Lipinski definition) is 4. The molecule has 0 atom stereocenters. The second-order valence-electron chi connectivity index (χ2n) is 4.32. The van der Waals surface area contributed by atoms with Crippen molar-refractivity contribution >= 4 is 17.1 Å². The number of ketones is 1. The van der Waals surface area contributed by atoms with E-state index < -0.39 is 0 Å². The number of aryl methyl sites for hydroxylation is 1. The summed E-state index contributed by atoms with van der Waals surface area (Å²) in [4.78, 5) is 18.4. The van der Waals surface area contributed by atoms with E-state index in [4.69, 9.17) is 0 Å². The highest BCUT2D eigenvalue weighted by Crippen LogP contribution is 2.10.